The predicted octanol–water partition coefficient (Wildman–Crippen LogP) is 3.88. The summed E-state index contributed by atoms with van der Waals surface area (Å²) in [5.41, 5.74) is 1.24. The monoisotopic (exact) mass is 388 g/mol. The number of ether oxygens (including phenoxy) is 2. The van der Waals surface area contributed by atoms with Gasteiger partial charge < -0.3 is 19.7 Å². The number of anilines is 2. The second-order valence-electron chi connectivity index (χ2n) is 6.22. The smallest absolute Gasteiger partial charge is 0.267 e. The summed E-state index contributed by atoms with van der Waals surface area (Å²) in [5, 5.41) is 3.38. The molecule has 0 aliphatic carbocycles. The molecular weight excluding hydrogens is 368 g/mol. The van der Waals surface area contributed by atoms with E-state index in [1.165, 1.54) is 0 Å². The van der Waals surface area contributed by atoms with Crippen molar-refractivity contribution in [2.24, 2.45) is 0 Å². The molecule has 2 aromatic carbocycles. The lowest BCUT2D eigenvalue weighted by Crippen LogP contribution is -2.44. The average molecular weight is 389 g/mol. The summed E-state index contributed by atoms with van der Waals surface area (Å²) < 4.78 is 11.1. The first kappa shape index (κ1) is 19.0. The van der Waals surface area contributed by atoms with Crippen molar-refractivity contribution in [3.63, 3.8) is 0 Å². The van der Waals surface area contributed by atoms with Crippen LogP contribution in [0.2, 0.25) is 5.02 Å². The molecule has 6 nitrogen and oxygen atoms in total. The van der Waals surface area contributed by atoms with E-state index < -0.39 is 6.10 Å². The van der Waals surface area contributed by atoms with Crippen LogP contribution in [-0.4, -0.2) is 31.1 Å². The van der Waals surface area contributed by atoms with E-state index in [4.69, 9.17) is 21.1 Å². The van der Waals surface area contributed by atoms with Gasteiger partial charge in [0.15, 0.2) is 12.7 Å². The maximum atomic E-state index is 12.4. The minimum Gasteiger partial charge on any atom is -0.484 e. The third kappa shape index (κ3) is 4.52. The van der Waals surface area contributed by atoms with Gasteiger partial charge in [0.1, 0.15) is 11.5 Å². The van der Waals surface area contributed by atoms with E-state index in [0.29, 0.717) is 34.4 Å². The Labute approximate surface area is 163 Å². The van der Waals surface area contributed by atoms with E-state index in [-0.39, 0.29) is 18.4 Å². The summed E-state index contributed by atoms with van der Waals surface area (Å²) in [6.45, 7) is 4.20. The molecule has 3 rings (SSSR count). The Hall–Kier alpha value is -2.73. The normalized spacial score (nSPS) is 15.7. The molecule has 1 unspecified atom stereocenters. The molecule has 1 atom stereocenters. The lowest BCUT2D eigenvalue weighted by Gasteiger charge is -2.33. The fraction of sp³-hybridized carbons (Fsp3) is 0.300. The molecule has 0 spiro atoms. The summed E-state index contributed by atoms with van der Waals surface area (Å²) >= 11 is 5.82. The second-order valence-corrected chi connectivity index (χ2v) is 6.66. The van der Waals surface area contributed by atoms with Crippen molar-refractivity contribution in [1.29, 1.82) is 0 Å². The van der Waals surface area contributed by atoms with Crippen LogP contribution in [0.1, 0.15) is 20.3 Å². The molecule has 2 aromatic rings. The van der Waals surface area contributed by atoms with Crippen molar-refractivity contribution in [2.75, 3.05) is 23.4 Å². The maximum Gasteiger partial charge on any atom is 0.267 e. The molecule has 0 radical (unpaired) electrons. The first-order valence-electron chi connectivity index (χ1n) is 8.78. The largest absolute Gasteiger partial charge is 0.484 e. The molecule has 7 heteroatoms. The molecule has 27 heavy (non-hydrogen) atoms. The molecule has 1 aliphatic heterocycles. The Morgan fingerprint density at radius 3 is 2.70 bits per heavy atom. The number of rotatable bonds is 6. The Morgan fingerprint density at radius 1 is 1.26 bits per heavy atom. The van der Waals surface area contributed by atoms with Crippen LogP contribution in [0.5, 0.6) is 11.5 Å². The Balaban J connectivity index is 1.68. The van der Waals surface area contributed by atoms with Crippen molar-refractivity contribution in [2.45, 2.75) is 26.4 Å². The minimum atomic E-state index is -0.516. The van der Waals surface area contributed by atoms with Crippen molar-refractivity contribution in [3.05, 3.63) is 47.5 Å². The van der Waals surface area contributed by atoms with Crippen LogP contribution in [0.4, 0.5) is 11.4 Å². The highest BCUT2D eigenvalue weighted by Crippen LogP contribution is 2.36. The molecule has 0 aromatic heterocycles. The zero-order valence-corrected chi connectivity index (χ0v) is 16.0. The predicted molar refractivity (Wildman–Crippen MR) is 105 cm³/mol. The first-order valence-corrected chi connectivity index (χ1v) is 9.16. The number of nitrogens with one attached hydrogen (secondary N) is 1. The molecule has 0 saturated carbocycles. The van der Waals surface area contributed by atoms with Crippen molar-refractivity contribution in [1.82, 2.24) is 0 Å². The van der Waals surface area contributed by atoms with Crippen LogP contribution < -0.4 is 19.7 Å². The van der Waals surface area contributed by atoms with Crippen LogP contribution in [-0.2, 0) is 9.59 Å². The number of fused-ring (bicyclic) bond motifs is 1. The van der Waals surface area contributed by atoms with E-state index in [1.54, 1.807) is 54.3 Å². The number of nitrogens with zero attached hydrogens (tertiary/aromatic N) is 1. The van der Waals surface area contributed by atoms with Gasteiger partial charge in [-0.05, 0) is 55.8 Å². The van der Waals surface area contributed by atoms with Gasteiger partial charge in [-0.2, -0.15) is 0 Å². The number of hydrogen-bond acceptors (Lipinski definition) is 4. The van der Waals surface area contributed by atoms with E-state index in [9.17, 15) is 9.59 Å². The van der Waals surface area contributed by atoms with E-state index >= 15 is 0 Å². The van der Waals surface area contributed by atoms with E-state index in [0.717, 1.165) is 6.42 Å². The van der Waals surface area contributed by atoms with Crippen LogP contribution in [0.3, 0.4) is 0 Å². The molecule has 2 amide bonds. The molecule has 1 aliphatic rings. The fourth-order valence-corrected chi connectivity index (χ4v) is 2.94. The van der Waals surface area contributed by atoms with Gasteiger partial charge in [0.2, 0.25) is 0 Å². The van der Waals surface area contributed by atoms with Gasteiger partial charge >= 0.3 is 0 Å². The van der Waals surface area contributed by atoms with Gasteiger partial charge in [-0.15, -0.1) is 0 Å². The number of carbonyl (C=O) groups excluding carboxylic acids is 2. The lowest BCUT2D eigenvalue weighted by atomic mass is 10.1. The van der Waals surface area contributed by atoms with E-state index in [2.05, 4.69) is 5.32 Å². The zero-order chi connectivity index (χ0) is 19.4. The third-order valence-corrected chi connectivity index (χ3v) is 4.33. The Bertz CT molecular complexity index is 838. The van der Waals surface area contributed by atoms with Gasteiger partial charge in [-0.25, -0.2) is 0 Å². The van der Waals surface area contributed by atoms with Crippen LogP contribution in [0.15, 0.2) is 42.5 Å². The number of halogens is 1. The zero-order valence-electron chi connectivity index (χ0n) is 15.2. The van der Waals surface area contributed by atoms with Gasteiger partial charge in [-0.1, -0.05) is 18.5 Å². The summed E-state index contributed by atoms with van der Waals surface area (Å²) in [6, 6.07) is 12.0. The van der Waals surface area contributed by atoms with Crippen LogP contribution in [0, 0.1) is 0 Å². The Kier molecular flexibility index (Phi) is 5.86. The van der Waals surface area contributed by atoms with Crippen LogP contribution >= 0.6 is 11.6 Å². The minimum absolute atomic E-state index is 0.0844. The molecular formula is C20H21ClN2O4. The summed E-state index contributed by atoms with van der Waals surface area (Å²) in [4.78, 5) is 26.2. The average Bonchev–Trinajstić information content (AvgIpc) is 2.65. The van der Waals surface area contributed by atoms with Crippen molar-refractivity contribution in [3.8, 4) is 11.5 Å². The maximum absolute atomic E-state index is 12.4. The highest BCUT2D eigenvalue weighted by Gasteiger charge is 2.31. The SMILES string of the molecule is CCCN1C(=O)C(C)Oc2ccc(NC(=O)COc3ccc(Cl)cc3)cc21. The van der Waals surface area contributed by atoms with Crippen molar-refractivity contribution >= 4 is 34.8 Å². The first-order chi connectivity index (χ1) is 13.0. The Morgan fingerprint density at radius 2 is 2.00 bits per heavy atom. The fourth-order valence-electron chi connectivity index (χ4n) is 2.82. The molecule has 0 saturated heterocycles. The van der Waals surface area contributed by atoms with Crippen LogP contribution in [0.25, 0.3) is 0 Å². The topological polar surface area (TPSA) is 67.9 Å². The summed E-state index contributed by atoms with van der Waals surface area (Å²) in [5.74, 6) is 0.801. The number of hydrogen-bond donors (Lipinski definition) is 1. The van der Waals surface area contributed by atoms with Gasteiger partial charge in [0.05, 0.1) is 5.69 Å². The second kappa shape index (κ2) is 8.31. The molecule has 1 N–H and O–H groups in total. The highest BCUT2D eigenvalue weighted by atomic mass is 35.5. The lowest BCUT2D eigenvalue weighted by molar-refractivity contribution is -0.125. The summed E-state index contributed by atoms with van der Waals surface area (Å²) in [7, 11) is 0. The third-order valence-electron chi connectivity index (χ3n) is 4.08. The van der Waals surface area contributed by atoms with Crippen molar-refractivity contribution < 1.29 is 19.1 Å². The number of benzene rings is 2. The van der Waals surface area contributed by atoms with Gasteiger partial charge in [-0.3, -0.25) is 9.59 Å². The molecule has 0 bridgehead atoms. The number of amides is 2. The standard InChI is InChI=1S/C20H21ClN2O4/c1-3-10-23-17-11-15(6-9-18(17)27-13(2)20(23)25)22-19(24)12-26-16-7-4-14(21)5-8-16/h4-9,11,13H,3,10,12H2,1-2H3,(H,22,24). The quantitative estimate of drug-likeness (QED) is 0.815. The van der Waals surface area contributed by atoms with E-state index in [1.807, 2.05) is 6.92 Å². The number of carbonyl (C=O) groups is 2. The van der Waals surface area contributed by atoms with Gasteiger partial charge in [0, 0.05) is 17.3 Å². The highest BCUT2D eigenvalue weighted by molar-refractivity contribution is 6.30. The van der Waals surface area contributed by atoms with Gasteiger partial charge in [0.25, 0.3) is 11.8 Å². The summed E-state index contributed by atoms with van der Waals surface area (Å²) in [6.07, 6.45) is 0.306. The molecule has 1 heterocycles. The molecule has 142 valence electrons. The molecule has 0 fully saturated rings.